The molecular weight excluding hydrogens is 233 g/mol. The van der Waals surface area contributed by atoms with Gasteiger partial charge in [-0.25, -0.2) is 17.5 Å². The molecule has 0 amide bonds. The molecular formula is C10H14FNO3S. The first-order valence-corrected chi connectivity index (χ1v) is 6.17. The second-order valence-electron chi connectivity index (χ2n) is 4.09. The summed E-state index contributed by atoms with van der Waals surface area (Å²) < 4.78 is 38.1. The molecule has 0 fully saturated rings. The third-order valence-electron chi connectivity index (χ3n) is 1.82. The first-order chi connectivity index (χ1) is 7.21. The van der Waals surface area contributed by atoms with E-state index in [0.29, 0.717) is 0 Å². The van der Waals surface area contributed by atoms with E-state index in [1.807, 2.05) is 0 Å². The topological polar surface area (TPSA) is 66.4 Å². The van der Waals surface area contributed by atoms with Gasteiger partial charge in [0.05, 0.1) is 10.5 Å². The summed E-state index contributed by atoms with van der Waals surface area (Å²) in [5.74, 6) is -0.499. The second kappa shape index (κ2) is 4.48. The highest BCUT2D eigenvalue weighted by Gasteiger charge is 2.19. The fraction of sp³-hybridized carbons (Fsp3) is 0.400. The van der Waals surface area contributed by atoms with Gasteiger partial charge < -0.3 is 5.11 Å². The lowest BCUT2D eigenvalue weighted by molar-refractivity contribution is 0.0857. The predicted molar refractivity (Wildman–Crippen MR) is 57.9 cm³/mol. The molecule has 0 spiro atoms. The van der Waals surface area contributed by atoms with E-state index in [2.05, 4.69) is 4.72 Å². The van der Waals surface area contributed by atoms with Gasteiger partial charge in [-0.05, 0) is 38.1 Å². The van der Waals surface area contributed by atoms with Crippen molar-refractivity contribution in [1.82, 2.24) is 4.72 Å². The van der Waals surface area contributed by atoms with Crippen LogP contribution in [0.5, 0.6) is 0 Å². The Morgan fingerprint density at radius 2 is 1.81 bits per heavy atom. The van der Waals surface area contributed by atoms with Crippen molar-refractivity contribution in [2.75, 3.05) is 6.54 Å². The van der Waals surface area contributed by atoms with Crippen LogP contribution in [0.4, 0.5) is 4.39 Å². The fourth-order valence-corrected chi connectivity index (χ4v) is 2.17. The van der Waals surface area contributed by atoms with Crippen LogP contribution in [0, 0.1) is 5.82 Å². The number of sulfonamides is 1. The van der Waals surface area contributed by atoms with Gasteiger partial charge in [0.1, 0.15) is 5.82 Å². The first kappa shape index (κ1) is 13.1. The van der Waals surface area contributed by atoms with E-state index in [1.54, 1.807) is 0 Å². The molecule has 1 aromatic rings. The summed E-state index contributed by atoms with van der Waals surface area (Å²) in [5, 5.41) is 9.39. The molecule has 2 N–H and O–H groups in total. The Labute approximate surface area is 94.2 Å². The Kier molecular flexibility index (Phi) is 3.67. The number of rotatable bonds is 4. The van der Waals surface area contributed by atoms with Crippen LogP contribution in [0.2, 0.25) is 0 Å². The number of halogens is 1. The normalized spacial score (nSPS) is 12.8. The zero-order chi connectivity index (χ0) is 12.4. The van der Waals surface area contributed by atoms with Crippen LogP contribution in [0.1, 0.15) is 13.8 Å². The van der Waals surface area contributed by atoms with Gasteiger partial charge in [-0.1, -0.05) is 0 Å². The predicted octanol–water partition coefficient (Wildman–Crippen LogP) is 0.875. The van der Waals surface area contributed by atoms with Gasteiger partial charge in [-0.15, -0.1) is 0 Å². The van der Waals surface area contributed by atoms with Gasteiger partial charge in [0.2, 0.25) is 10.0 Å². The Hall–Kier alpha value is -0.980. The maximum Gasteiger partial charge on any atom is 0.240 e. The lowest BCUT2D eigenvalue weighted by atomic mass is 10.1. The Morgan fingerprint density at radius 1 is 1.31 bits per heavy atom. The maximum absolute atomic E-state index is 12.6. The highest BCUT2D eigenvalue weighted by atomic mass is 32.2. The standard InChI is InChI=1S/C10H14FNO3S/c1-10(2,13)7-12-16(14,15)9-5-3-8(11)4-6-9/h3-6,12-13H,7H2,1-2H3. The average molecular weight is 247 g/mol. The highest BCUT2D eigenvalue weighted by molar-refractivity contribution is 7.89. The molecule has 0 saturated carbocycles. The van der Waals surface area contributed by atoms with Crippen LogP contribution >= 0.6 is 0 Å². The number of nitrogens with one attached hydrogen (secondary N) is 1. The summed E-state index contributed by atoms with van der Waals surface area (Å²) in [6.07, 6.45) is 0. The first-order valence-electron chi connectivity index (χ1n) is 4.68. The molecule has 0 aliphatic heterocycles. The molecule has 0 aromatic heterocycles. The molecule has 0 bridgehead atoms. The molecule has 0 heterocycles. The Balaban J connectivity index is 2.83. The Morgan fingerprint density at radius 3 is 2.25 bits per heavy atom. The van der Waals surface area contributed by atoms with Crippen LogP contribution in [0.15, 0.2) is 29.2 Å². The van der Waals surface area contributed by atoms with Crippen molar-refractivity contribution in [2.45, 2.75) is 24.3 Å². The molecule has 0 unspecified atom stereocenters. The van der Waals surface area contributed by atoms with Crippen LogP contribution < -0.4 is 4.72 Å². The van der Waals surface area contributed by atoms with Crippen molar-refractivity contribution in [3.8, 4) is 0 Å². The fourth-order valence-electron chi connectivity index (χ4n) is 0.969. The summed E-state index contributed by atoms with van der Waals surface area (Å²) in [6.45, 7) is 2.87. The number of hydrogen-bond acceptors (Lipinski definition) is 3. The smallest absolute Gasteiger partial charge is 0.240 e. The van der Waals surface area contributed by atoms with Crippen molar-refractivity contribution in [2.24, 2.45) is 0 Å². The molecule has 1 rings (SSSR count). The molecule has 6 heteroatoms. The number of benzene rings is 1. The van der Waals surface area contributed by atoms with Gasteiger partial charge >= 0.3 is 0 Å². The van der Waals surface area contributed by atoms with Crippen molar-refractivity contribution in [1.29, 1.82) is 0 Å². The summed E-state index contributed by atoms with van der Waals surface area (Å²) in [7, 11) is -3.69. The third kappa shape index (κ3) is 3.88. The quantitative estimate of drug-likeness (QED) is 0.830. The molecule has 90 valence electrons. The molecule has 0 radical (unpaired) electrons. The molecule has 4 nitrogen and oxygen atoms in total. The maximum atomic E-state index is 12.6. The van der Waals surface area contributed by atoms with Crippen molar-refractivity contribution < 1.29 is 17.9 Å². The SMILES string of the molecule is CC(C)(O)CNS(=O)(=O)c1ccc(F)cc1. The van der Waals surface area contributed by atoms with Gasteiger partial charge in [0.25, 0.3) is 0 Å². The molecule has 16 heavy (non-hydrogen) atoms. The van der Waals surface area contributed by atoms with Crippen molar-refractivity contribution in [3.05, 3.63) is 30.1 Å². The number of aliphatic hydroxyl groups is 1. The van der Waals surface area contributed by atoms with Gasteiger partial charge in [0.15, 0.2) is 0 Å². The zero-order valence-corrected chi connectivity index (χ0v) is 9.88. The van der Waals surface area contributed by atoms with Crippen molar-refractivity contribution >= 4 is 10.0 Å². The number of hydrogen-bond donors (Lipinski definition) is 2. The zero-order valence-electron chi connectivity index (χ0n) is 9.07. The van der Waals surface area contributed by atoms with Crippen LogP contribution in [0.25, 0.3) is 0 Å². The van der Waals surface area contributed by atoms with Crippen molar-refractivity contribution in [3.63, 3.8) is 0 Å². The van der Waals surface area contributed by atoms with Crippen LogP contribution in [-0.2, 0) is 10.0 Å². The largest absolute Gasteiger partial charge is 0.389 e. The lowest BCUT2D eigenvalue weighted by Gasteiger charge is -2.17. The second-order valence-corrected chi connectivity index (χ2v) is 5.86. The lowest BCUT2D eigenvalue weighted by Crippen LogP contribution is -2.38. The van der Waals surface area contributed by atoms with Crippen LogP contribution in [-0.4, -0.2) is 25.7 Å². The van der Waals surface area contributed by atoms with Gasteiger partial charge in [-0.2, -0.15) is 0 Å². The molecule has 0 atom stereocenters. The van der Waals surface area contributed by atoms with Crippen LogP contribution in [0.3, 0.4) is 0 Å². The minimum absolute atomic E-state index is 0.0295. The summed E-state index contributed by atoms with van der Waals surface area (Å²) in [4.78, 5) is -0.0295. The van der Waals surface area contributed by atoms with E-state index in [1.165, 1.54) is 26.0 Å². The molecule has 0 aliphatic carbocycles. The summed E-state index contributed by atoms with van der Waals surface area (Å²) >= 11 is 0. The molecule has 1 aromatic carbocycles. The highest BCUT2D eigenvalue weighted by Crippen LogP contribution is 2.10. The molecule has 0 aliphatic rings. The van der Waals surface area contributed by atoms with E-state index in [4.69, 9.17) is 0 Å². The van der Waals surface area contributed by atoms with E-state index in [-0.39, 0.29) is 11.4 Å². The average Bonchev–Trinajstić information content (AvgIpc) is 2.15. The van der Waals surface area contributed by atoms with E-state index >= 15 is 0 Å². The van der Waals surface area contributed by atoms with Gasteiger partial charge in [0, 0.05) is 6.54 Å². The summed E-state index contributed by atoms with van der Waals surface area (Å²) in [5.41, 5.74) is -1.13. The monoisotopic (exact) mass is 247 g/mol. The summed E-state index contributed by atoms with van der Waals surface area (Å²) in [6, 6.07) is 4.47. The van der Waals surface area contributed by atoms with E-state index in [9.17, 15) is 17.9 Å². The van der Waals surface area contributed by atoms with E-state index < -0.39 is 21.4 Å². The van der Waals surface area contributed by atoms with E-state index in [0.717, 1.165) is 12.1 Å². The minimum atomic E-state index is -3.69. The Bertz CT molecular complexity index is 448. The van der Waals surface area contributed by atoms with Gasteiger partial charge in [-0.3, -0.25) is 0 Å². The molecule has 0 saturated heterocycles. The third-order valence-corrected chi connectivity index (χ3v) is 3.24. The minimum Gasteiger partial charge on any atom is -0.389 e.